The Hall–Kier alpha value is -2.44. The van der Waals surface area contributed by atoms with Crippen LogP contribution in [-0.4, -0.2) is 17.0 Å². The highest BCUT2D eigenvalue weighted by atomic mass is 19.1. The summed E-state index contributed by atoms with van der Waals surface area (Å²) < 4.78 is 14.3. The minimum Gasteiger partial charge on any atom is -0.289 e. The number of hydrogen-bond donors (Lipinski definition) is 0. The van der Waals surface area contributed by atoms with Crippen molar-refractivity contribution in [1.29, 1.82) is 5.26 Å². The van der Waals surface area contributed by atoms with Gasteiger partial charge in [-0.2, -0.15) is 5.26 Å². The van der Waals surface area contributed by atoms with Crippen LogP contribution in [0.15, 0.2) is 54.6 Å². The number of fused-ring (bicyclic) bond motifs is 2. The smallest absolute Gasteiger partial charge is 0.130 e. The second-order valence-electron chi connectivity index (χ2n) is 7.01. The molecule has 126 valence electrons. The first kappa shape index (κ1) is 16.1. The summed E-state index contributed by atoms with van der Waals surface area (Å²) in [4.78, 5) is 2.56. The zero-order valence-electron chi connectivity index (χ0n) is 14.2. The fraction of sp³-hybridized carbons (Fsp3) is 0.318. The molecule has 25 heavy (non-hydrogen) atoms. The Morgan fingerprint density at radius 1 is 1.12 bits per heavy atom. The first-order chi connectivity index (χ1) is 12.2. The van der Waals surface area contributed by atoms with E-state index < -0.39 is 0 Å². The molecule has 1 fully saturated rings. The van der Waals surface area contributed by atoms with Crippen molar-refractivity contribution in [2.75, 3.05) is 0 Å². The number of hydrogen-bond acceptors (Lipinski definition) is 2. The summed E-state index contributed by atoms with van der Waals surface area (Å²) >= 11 is 0. The Morgan fingerprint density at radius 2 is 1.96 bits per heavy atom. The highest BCUT2D eigenvalue weighted by Crippen LogP contribution is 2.38. The summed E-state index contributed by atoms with van der Waals surface area (Å²) in [5.41, 5.74) is 3.52. The van der Waals surface area contributed by atoms with Crippen LogP contribution in [0, 0.1) is 17.1 Å². The van der Waals surface area contributed by atoms with Crippen molar-refractivity contribution in [3.8, 4) is 6.07 Å². The lowest BCUT2D eigenvalue weighted by atomic mass is 9.82. The topological polar surface area (TPSA) is 27.0 Å². The Balaban J connectivity index is 1.64. The lowest BCUT2D eigenvalue weighted by Crippen LogP contribution is -2.47. The van der Waals surface area contributed by atoms with Crippen LogP contribution in [0.4, 0.5) is 4.39 Å². The Bertz CT molecular complexity index is 835. The number of rotatable bonds is 3. The van der Waals surface area contributed by atoms with Crippen LogP contribution in [0.5, 0.6) is 0 Å². The number of piperidine rings is 1. The number of nitriles is 1. The quantitative estimate of drug-likeness (QED) is 0.799. The van der Waals surface area contributed by atoms with E-state index in [0.717, 1.165) is 31.4 Å². The number of benzene rings is 2. The van der Waals surface area contributed by atoms with Crippen molar-refractivity contribution in [3.63, 3.8) is 0 Å². The Kier molecular flexibility index (Phi) is 4.38. The lowest BCUT2D eigenvalue weighted by molar-refractivity contribution is 0.0950. The van der Waals surface area contributed by atoms with Gasteiger partial charge in [-0.1, -0.05) is 42.8 Å². The van der Waals surface area contributed by atoms with E-state index in [1.165, 1.54) is 18.1 Å². The van der Waals surface area contributed by atoms with Crippen LogP contribution in [-0.2, 0) is 6.54 Å². The molecular formula is C22H21FN2. The molecule has 2 unspecified atom stereocenters. The highest BCUT2D eigenvalue weighted by molar-refractivity contribution is 5.69. The molecule has 3 heteroatoms. The Labute approximate surface area is 148 Å². The van der Waals surface area contributed by atoms with Gasteiger partial charge in [0.25, 0.3) is 0 Å². The Morgan fingerprint density at radius 3 is 2.72 bits per heavy atom. The lowest BCUT2D eigenvalue weighted by Gasteiger charge is -2.45. The summed E-state index contributed by atoms with van der Waals surface area (Å²) in [6.07, 6.45) is 6.59. The van der Waals surface area contributed by atoms with Crippen LogP contribution in [0.1, 0.15) is 42.4 Å². The third-order valence-corrected chi connectivity index (χ3v) is 5.43. The maximum Gasteiger partial charge on any atom is 0.130 e. The van der Waals surface area contributed by atoms with Gasteiger partial charge >= 0.3 is 0 Å². The monoisotopic (exact) mass is 332 g/mol. The van der Waals surface area contributed by atoms with E-state index in [4.69, 9.17) is 5.26 Å². The first-order valence-electron chi connectivity index (χ1n) is 8.95. The maximum absolute atomic E-state index is 14.3. The summed E-state index contributed by atoms with van der Waals surface area (Å²) in [6, 6.07) is 18.1. The fourth-order valence-corrected chi connectivity index (χ4v) is 4.20. The van der Waals surface area contributed by atoms with Crippen LogP contribution in [0.2, 0.25) is 0 Å². The largest absolute Gasteiger partial charge is 0.289 e. The minimum atomic E-state index is -0.222. The highest BCUT2D eigenvalue weighted by Gasteiger charge is 2.34. The van der Waals surface area contributed by atoms with Gasteiger partial charge in [-0.05, 0) is 48.6 Å². The van der Waals surface area contributed by atoms with E-state index in [0.29, 0.717) is 23.2 Å². The van der Waals surface area contributed by atoms with Gasteiger partial charge in [-0.15, -0.1) is 0 Å². The first-order valence-corrected chi connectivity index (χ1v) is 8.95. The summed E-state index contributed by atoms with van der Waals surface area (Å²) in [5, 5.41) is 9.12. The van der Waals surface area contributed by atoms with Crippen molar-refractivity contribution >= 4 is 5.57 Å². The molecule has 2 aromatic rings. The predicted molar refractivity (Wildman–Crippen MR) is 97.1 cm³/mol. The SMILES string of the molecule is N#Cc1ccc(F)c(C2=CC3CCCC(C2)N3Cc2ccccc2)c1. The van der Waals surface area contributed by atoms with Gasteiger partial charge in [0.1, 0.15) is 5.82 Å². The predicted octanol–water partition coefficient (Wildman–Crippen LogP) is 4.91. The van der Waals surface area contributed by atoms with Crippen LogP contribution >= 0.6 is 0 Å². The van der Waals surface area contributed by atoms with Crippen LogP contribution < -0.4 is 0 Å². The van der Waals surface area contributed by atoms with Crippen LogP contribution in [0.25, 0.3) is 5.57 Å². The zero-order chi connectivity index (χ0) is 17.2. The van der Waals surface area contributed by atoms with Crippen molar-refractivity contribution in [3.05, 3.63) is 77.1 Å². The number of halogens is 1. The van der Waals surface area contributed by atoms with E-state index >= 15 is 0 Å². The van der Waals surface area contributed by atoms with E-state index in [1.807, 2.05) is 6.07 Å². The third kappa shape index (κ3) is 3.23. The van der Waals surface area contributed by atoms with E-state index in [1.54, 1.807) is 12.1 Å². The van der Waals surface area contributed by atoms with Gasteiger partial charge in [-0.25, -0.2) is 4.39 Å². The van der Waals surface area contributed by atoms with Gasteiger partial charge in [0.15, 0.2) is 0 Å². The fourth-order valence-electron chi connectivity index (χ4n) is 4.20. The molecule has 4 rings (SSSR count). The molecule has 2 nitrogen and oxygen atoms in total. The van der Waals surface area contributed by atoms with Crippen LogP contribution in [0.3, 0.4) is 0 Å². The van der Waals surface area contributed by atoms with Gasteiger partial charge in [-0.3, -0.25) is 4.90 Å². The summed E-state index contributed by atoms with van der Waals surface area (Å²) in [7, 11) is 0. The summed E-state index contributed by atoms with van der Waals surface area (Å²) in [6.45, 7) is 0.945. The molecule has 0 N–H and O–H groups in total. The molecule has 0 amide bonds. The van der Waals surface area contributed by atoms with Gasteiger partial charge in [0, 0.05) is 24.2 Å². The molecule has 0 aromatic heterocycles. The molecule has 0 saturated carbocycles. The van der Waals surface area contributed by atoms with Crippen molar-refractivity contribution < 1.29 is 4.39 Å². The molecule has 2 bridgehead atoms. The molecule has 0 radical (unpaired) electrons. The zero-order valence-corrected chi connectivity index (χ0v) is 14.2. The van der Waals surface area contributed by atoms with Crippen molar-refractivity contribution in [2.45, 2.75) is 44.3 Å². The average molecular weight is 332 g/mol. The summed E-state index contributed by atoms with van der Waals surface area (Å²) in [5.74, 6) is -0.222. The third-order valence-electron chi connectivity index (χ3n) is 5.43. The van der Waals surface area contributed by atoms with Gasteiger partial charge in [0.05, 0.1) is 11.6 Å². The second-order valence-corrected chi connectivity index (χ2v) is 7.01. The standard InChI is InChI=1S/C22H21FN2/c23-22-10-9-17(14-24)11-21(22)18-12-19-7-4-8-20(13-18)25(19)15-16-5-2-1-3-6-16/h1-3,5-6,9-12,19-20H,4,7-8,13,15H2. The number of nitrogens with zero attached hydrogens (tertiary/aromatic N) is 2. The molecule has 0 spiro atoms. The molecular weight excluding hydrogens is 311 g/mol. The molecule has 2 aromatic carbocycles. The maximum atomic E-state index is 14.3. The van der Waals surface area contributed by atoms with Crippen molar-refractivity contribution in [2.24, 2.45) is 0 Å². The van der Waals surface area contributed by atoms with Gasteiger partial charge in [0.2, 0.25) is 0 Å². The van der Waals surface area contributed by atoms with E-state index in [-0.39, 0.29) is 5.82 Å². The van der Waals surface area contributed by atoms with E-state index in [2.05, 4.69) is 41.3 Å². The van der Waals surface area contributed by atoms with Gasteiger partial charge < -0.3 is 0 Å². The second kappa shape index (κ2) is 6.82. The minimum absolute atomic E-state index is 0.222. The molecule has 2 heterocycles. The van der Waals surface area contributed by atoms with Crippen molar-refractivity contribution in [1.82, 2.24) is 4.90 Å². The molecule has 2 aliphatic rings. The molecule has 1 saturated heterocycles. The molecule has 2 atom stereocenters. The molecule has 0 aliphatic carbocycles. The normalized spacial score (nSPS) is 23.0. The average Bonchev–Trinajstić information content (AvgIpc) is 2.63. The van der Waals surface area contributed by atoms with E-state index in [9.17, 15) is 4.39 Å². The molecule has 2 aliphatic heterocycles.